The van der Waals surface area contributed by atoms with Crippen molar-refractivity contribution < 1.29 is 9.59 Å². The quantitative estimate of drug-likeness (QED) is 0.620. The number of para-hydroxylation sites is 1. The molecule has 6 heteroatoms. The number of rotatable bonds is 4. The standard InChI is InChI=1S/C21H17ClN2O2S/c22-13-6-4-9-15(12-13)24-21(26)19-18(16-10-5-11-17(16)27-19)20(25)23-14-7-2-1-3-8-14/h1-4,6-9,12H,5,10-11H2,(H,23,25)(H,24,26). The molecule has 0 bridgehead atoms. The third-order valence-electron chi connectivity index (χ3n) is 4.47. The minimum atomic E-state index is -0.283. The summed E-state index contributed by atoms with van der Waals surface area (Å²) in [6.45, 7) is 0. The topological polar surface area (TPSA) is 58.2 Å². The molecule has 1 aromatic heterocycles. The van der Waals surface area contributed by atoms with Crippen LogP contribution in [0.2, 0.25) is 5.02 Å². The Morgan fingerprint density at radius 2 is 1.63 bits per heavy atom. The maximum absolute atomic E-state index is 13.0. The average molecular weight is 397 g/mol. The number of halogens is 1. The van der Waals surface area contributed by atoms with Crippen molar-refractivity contribution in [2.24, 2.45) is 0 Å². The van der Waals surface area contributed by atoms with E-state index in [1.807, 2.05) is 30.3 Å². The molecule has 27 heavy (non-hydrogen) atoms. The zero-order valence-corrected chi connectivity index (χ0v) is 16.0. The number of benzene rings is 2. The molecule has 2 amide bonds. The molecule has 1 heterocycles. The van der Waals surface area contributed by atoms with Crippen molar-refractivity contribution >= 4 is 46.1 Å². The molecule has 1 aliphatic carbocycles. The normalized spacial score (nSPS) is 12.5. The van der Waals surface area contributed by atoms with Gasteiger partial charge in [0, 0.05) is 21.3 Å². The number of nitrogens with one attached hydrogen (secondary N) is 2. The van der Waals surface area contributed by atoms with Crippen LogP contribution in [0.25, 0.3) is 0 Å². The van der Waals surface area contributed by atoms with Crippen molar-refractivity contribution in [1.29, 1.82) is 0 Å². The van der Waals surface area contributed by atoms with E-state index in [9.17, 15) is 9.59 Å². The van der Waals surface area contributed by atoms with Gasteiger partial charge in [0.2, 0.25) is 0 Å². The van der Waals surface area contributed by atoms with Gasteiger partial charge >= 0.3 is 0 Å². The van der Waals surface area contributed by atoms with Crippen molar-refractivity contribution in [3.05, 3.63) is 80.5 Å². The summed E-state index contributed by atoms with van der Waals surface area (Å²) in [5.41, 5.74) is 2.82. The number of carbonyl (C=O) groups excluding carboxylic acids is 2. The van der Waals surface area contributed by atoms with Crippen molar-refractivity contribution in [3.63, 3.8) is 0 Å². The summed E-state index contributed by atoms with van der Waals surface area (Å²) in [4.78, 5) is 27.4. The number of thiophene rings is 1. The number of carbonyl (C=O) groups is 2. The van der Waals surface area contributed by atoms with Crippen LogP contribution in [0, 0.1) is 0 Å². The highest BCUT2D eigenvalue weighted by Crippen LogP contribution is 2.36. The van der Waals surface area contributed by atoms with Crippen LogP contribution in [0.15, 0.2) is 54.6 Å². The van der Waals surface area contributed by atoms with Gasteiger partial charge < -0.3 is 10.6 Å². The van der Waals surface area contributed by atoms with Crippen LogP contribution < -0.4 is 10.6 Å². The van der Waals surface area contributed by atoms with Crippen LogP contribution >= 0.6 is 22.9 Å². The van der Waals surface area contributed by atoms with Gasteiger partial charge in [-0.1, -0.05) is 35.9 Å². The van der Waals surface area contributed by atoms with Gasteiger partial charge in [-0.15, -0.1) is 11.3 Å². The highest BCUT2D eigenvalue weighted by molar-refractivity contribution is 7.14. The van der Waals surface area contributed by atoms with E-state index in [0.29, 0.717) is 26.8 Å². The van der Waals surface area contributed by atoms with E-state index in [-0.39, 0.29) is 11.8 Å². The molecule has 0 spiro atoms. The highest BCUT2D eigenvalue weighted by Gasteiger charge is 2.29. The second kappa shape index (κ2) is 7.55. The second-order valence-corrected chi connectivity index (χ2v) is 7.89. The van der Waals surface area contributed by atoms with Crippen LogP contribution in [0.1, 0.15) is 36.9 Å². The lowest BCUT2D eigenvalue weighted by atomic mass is 10.1. The Morgan fingerprint density at radius 3 is 2.41 bits per heavy atom. The third-order valence-corrected chi connectivity index (χ3v) is 5.99. The molecule has 2 aromatic carbocycles. The van der Waals surface area contributed by atoms with Gasteiger partial charge in [-0.25, -0.2) is 0 Å². The molecule has 0 saturated carbocycles. The monoisotopic (exact) mass is 396 g/mol. The molecule has 0 aliphatic heterocycles. The summed E-state index contributed by atoms with van der Waals surface area (Å²) in [7, 11) is 0. The van der Waals surface area contributed by atoms with Crippen LogP contribution in [0.3, 0.4) is 0 Å². The van der Waals surface area contributed by atoms with E-state index < -0.39 is 0 Å². The summed E-state index contributed by atoms with van der Waals surface area (Å²) in [5, 5.41) is 6.31. The first-order chi connectivity index (χ1) is 13.1. The number of aryl methyl sites for hydroxylation is 1. The summed E-state index contributed by atoms with van der Waals surface area (Å²) in [6, 6.07) is 16.2. The van der Waals surface area contributed by atoms with Crippen molar-refractivity contribution in [2.75, 3.05) is 10.6 Å². The Morgan fingerprint density at radius 1 is 0.889 bits per heavy atom. The Labute approximate surface area is 166 Å². The van der Waals surface area contributed by atoms with E-state index in [4.69, 9.17) is 11.6 Å². The lowest BCUT2D eigenvalue weighted by molar-refractivity contribution is 0.0993. The number of hydrogen-bond donors (Lipinski definition) is 2. The summed E-state index contributed by atoms with van der Waals surface area (Å²) < 4.78 is 0. The maximum Gasteiger partial charge on any atom is 0.266 e. The van der Waals surface area contributed by atoms with E-state index in [2.05, 4.69) is 10.6 Å². The Balaban J connectivity index is 1.65. The van der Waals surface area contributed by atoms with Gasteiger partial charge in [-0.05, 0) is 55.2 Å². The van der Waals surface area contributed by atoms with Crippen molar-refractivity contribution in [1.82, 2.24) is 0 Å². The molecule has 2 N–H and O–H groups in total. The SMILES string of the molecule is O=C(Nc1cccc(Cl)c1)c1sc2c(c1C(=O)Nc1ccccc1)CCC2. The molecular weight excluding hydrogens is 380 g/mol. The first-order valence-corrected chi connectivity index (χ1v) is 9.89. The van der Waals surface area contributed by atoms with Crippen molar-refractivity contribution in [2.45, 2.75) is 19.3 Å². The Bertz CT molecular complexity index is 1010. The molecule has 4 nitrogen and oxygen atoms in total. The molecule has 0 atom stereocenters. The van der Waals surface area contributed by atoms with Crippen LogP contribution in [-0.4, -0.2) is 11.8 Å². The summed E-state index contributed by atoms with van der Waals surface area (Å²) >= 11 is 7.41. The molecule has 3 aromatic rings. The molecule has 1 aliphatic rings. The van der Waals surface area contributed by atoms with Crippen LogP contribution in [0.4, 0.5) is 11.4 Å². The number of fused-ring (bicyclic) bond motifs is 1. The highest BCUT2D eigenvalue weighted by atomic mass is 35.5. The molecule has 0 unspecified atom stereocenters. The number of hydrogen-bond acceptors (Lipinski definition) is 3. The predicted molar refractivity (Wildman–Crippen MR) is 110 cm³/mol. The zero-order valence-electron chi connectivity index (χ0n) is 14.4. The van der Waals surface area contributed by atoms with Gasteiger partial charge in [-0.2, -0.15) is 0 Å². The Kier molecular flexibility index (Phi) is 4.97. The second-order valence-electron chi connectivity index (χ2n) is 6.35. The maximum atomic E-state index is 13.0. The lowest BCUT2D eigenvalue weighted by Gasteiger charge is -2.09. The van der Waals surface area contributed by atoms with Gasteiger partial charge in [0.25, 0.3) is 11.8 Å². The van der Waals surface area contributed by atoms with E-state index in [0.717, 1.165) is 29.7 Å². The molecule has 0 fully saturated rings. The van der Waals surface area contributed by atoms with Crippen LogP contribution in [-0.2, 0) is 12.8 Å². The fraction of sp³-hybridized carbons (Fsp3) is 0.143. The van der Waals surface area contributed by atoms with Gasteiger partial charge in [0.15, 0.2) is 0 Å². The van der Waals surface area contributed by atoms with Gasteiger partial charge in [0.1, 0.15) is 4.88 Å². The first kappa shape index (κ1) is 17.8. The third kappa shape index (κ3) is 3.75. The van der Waals surface area contributed by atoms with Gasteiger partial charge in [-0.3, -0.25) is 9.59 Å². The van der Waals surface area contributed by atoms with Crippen molar-refractivity contribution in [3.8, 4) is 0 Å². The smallest absolute Gasteiger partial charge is 0.266 e. The number of anilines is 2. The lowest BCUT2D eigenvalue weighted by Crippen LogP contribution is -2.19. The molecule has 0 saturated heterocycles. The minimum absolute atomic E-state index is 0.239. The molecular formula is C21H17ClN2O2S. The number of amides is 2. The van der Waals surface area contributed by atoms with E-state index >= 15 is 0 Å². The summed E-state index contributed by atoms with van der Waals surface area (Å²) in [5.74, 6) is -0.522. The Hall–Kier alpha value is -2.63. The predicted octanol–water partition coefficient (Wildman–Crippen LogP) is 5.39. The molecule has 0 radical (unpaired) electrons. The van der Waals surface area contributed by atoms with Crippen LogP contribution in [0.5, 0.6) is 0 Å². The zero-order chi connectivity index (χ0) is 18.8. The average Bonchev–Trinajstić information content (AvgIpc) is 3.23. The minimum Gasteiger partial charge on any atom is -0.322 e. The molecule has 4 rings (SSSR count). The first-order valence-electron chi connectivity index (χ1n) is 8.69. The fourth-order valence-corrected chi connectivity index (χ4v) is 4.75. The van der Waals surface area contributed by atoms with E-state index in [1.54, 1.807) is 24.3 Å². The fourth-order valence-electron chi connectivity index (χ4n) is 3.27. The molecule has 136 valence electrons. The largest absolute Gasteiger partial charge is 0.322 e. The van der Waals surface area contributed by atoms with E-state index in [1.165, 1.54) is 11.3 Å². The van der Waals surface area contributed by atoms with Gasteiger partial charge in [0.05, 0.1) is 5.56 Å². The summed E-state index contributed by atoms with van der Waals surface area (Å²) in [6.07, 6.45) is 2.76.